The van der Waals surface area contributed by atoms with Crippen LogP contribution in [0.15, 0.2) is 36.5 Å². The van der Waals surface area contributed by atoms with Crippen molar-refractivity contribution in [1.29, 1.82) is 0 Å². The van der Waals surface area contributed by atoms with Crippen LogP contribution >= 0.6 is 0 Å². The maximum absolute atomic E-state index is 13.5. The lowest BCUT2D eigenvalue weighted by Gasteiger charge is -2.37. The van der Waals surface area contributed by atoms with Crippen LogP contribution in [0.2, 0.25) is 0 Å². The summed E-state index contributed by atoms with van der Waals surface area (Å²) >= 11 is 0. The summed E-state index contributed by atoms with van der Waals surface area (Å²) < 4.78 is 6.34. The number of carbonyl (C=O) groups excluding carboxylic acids is 1. The van der Waals surface area contributed by atoms with Crippen molar-refractivity contribution in [2.75, 3.05) is 26.7 Å². The van der Waals surface area contributed by atoms with Crippen LogP contribution in [0.5, 0.6) is 5.88 Å². The molecule has 2 heterocycles. The van der Waals surface area contributed by atoms with Crippen molar-refractivity contribution in [3.05, 3.63) is 58.8 Å². The van der Waals surface area contributed by atoms with Gasteiger partial charge in [0, 0.05) is 43.2 Å². The number of aromatic carboxylic acids is 1. The lowest BCUT2D eigenvalue weighted by Crippen LogP contribution is -2.49. The number of likely N-dealkylation sites (N-methyl/N-ethyl adjacent to an activating group) is 1. The highest BCUT2D eigenvalue weighted by atomic mass is 16.5. The third-order valence-electron chi connectivity index (χ3n) is 6.64. The number of aliphatic hydroxyl groups excluding tert-OH is 1. The first kappa shape index (κ1) is 25.7. The highest BCUT2D eigenvalue weighted by molar-refractivity contribution is 5.97. The molecule has 3 atom stereocenters. The maximum Gasteiger partial charge on any atom is 0.335 e. The summed E-state index contributed by atoms with van der Waals surface area (Å²) in [5.74, 6) is 5.81. The number of aliphatic hydroxyl groups is 1. The minimum absolute atomic E-state index is 0.0416. The average Bonchev–Trinajstić information content (AvgIpc) is 3.69. The average molecular weight is 492 g/mol. The Bertz CT molecular complexity index is 1180. The van der Waals surface area contributed by atoms with Crippen molar-refractivity contribution in [2.45, 2.75) is 45.4 Å². The monoisotopic (exact) mass is 491 g/mol. The number of hydrogen-bond acceptors (Lipinski definition) is 6. The fourth-order valence-corrected chi connectivity index (χ4v) is 4.29. The van der Waals surface area contributed by atoms with Gasteiger partial charge in [-0.1, -0.05) is 30.9 Å². The highest BCUT2D eigenvalue weighted by Crippen LogP contribution is 2.29. The molecule has 2 aliphatic rings. The SMILES string of the molecule is C[C@H]1CN([C@@H](C)CO)C(=O)c2cc(C#CC3CC3)cnc2O[C@H]1CN(C)Cc1cccc(C(=O)O)c1. The van der Waals surface area contributed by atoms with Gasteiger partial charge in [0.2, 0.25) is 5.88 Å². The minimum atomic E-state index is -0.955. The molecular weight excluding hydrogens is 458 g/mol. The first-order valence-electron chi connectivity index (χ1n) is 12.4. The molecule has 0 saturated heterocycles. The molecule has 0 bridgehead atoms. The van der Waals surface area contributed by atoms with E-state index in [1.165, 1.54) is 0 Å². The largest absolute Gasteiger partial charge is 0.478 e. The highest BCUT2D eigenvalue weighted by Gasteiger charge is 2.34. The van der Waals surface area contributed by atoms with E-state index in [1.54, 1.807) is 35.4 Å². The molecular formula is C28H33N3O5. The molecule has 2 N–H and O–H groups in total. The number of pyridine rings is 1. The fourth-order valence-electron chi connectivity index (χ4n) is 4.29. The number of carbonyl (C=O) groups is 2. The molecule has 1 aliphatic carbocycles. The van der Waals surface area contributed by atoms with Crippen LogP contribution in [0.25, 0.3) is 0 Å². The zero-order valence-electron chi connectivity index (χ0n) is 21.0. The molecule has 4 rings (SSSR count). The number of benzene rings is 1. The Labute approximate surface area is 211 Å². The van der Waals surface area contributed by atoms with Crippen LogP contribution < -0.4 is 4.74 Å². The number of hydrogen-bond donors (Lipinski definition) is 2. The van der Waals surface area contributed by atoms with E-state index in [-0.39, 0.29) is 42.0 Å². The Morgan fingerprint density at radius 3 is 2.81 bits per heavy atom. The Balaban J connectivity index is 1.58. The smallest absolute Gasteiger partial charge is 0.335 e. The standard InChI is InChI=1S/C28H33N3O5/c1-18-14-31(19(2)17-32)27(33)24-12-21(10-9-20-7-8-20)13-29-26(24)36-25(18)16-30(3)15-22-5-4-6-23(11-22)28(34)35/h4-6,11-13,18-20,25,32H,7-8,14-17H2,1-3H3,(H,34,35)/t18-,19-,25-/m0/s1. The lowest BCUT2D eigenvalue weighted by molar-refractivity contribution is 0.0324. The van der Waals surface area contributed by atoms with E-state index < -0.39 is 5.97 Å². The molecule has 1 amide bonds. The van der Waals surface area contributed by atoms with E-state index in [9.17, 15) is 19.8 Å². The van der Waals surface area contributed by atoms with Gasteiger partial charge in [0.25, 0.3) is 5.91 Å². The van der Waals surface area contributed by atoms with Crippen LogP contribution in [0.4, 0.5) is 0 Å². The van der Waals surface area contributed by atoms with Crippen molar-refractivity contribution < 1.29 is 24.5 Å². The molecule has 1 saturated carbocycles. The number of carboxylic acid groups (broad SMARTS) is 1. The second-order valence-electron chi connectivity index (χ2n) is 9.95. The van der Waals surface area contributed by atoms with Gasteiger partial charge in [0.05, 0.1) is 18.2 Å². The fraction of sp³-hybridized carbons (Fsp3) is 0.464. The number of carboxylic acids is 1. The van der Waals surface area contributed by atoms with Crippen LogP contribution in [0.1, 0.15) is 58.5 Å². The molecule has 8 nitrogen and oxygen atoms in total. The number of nitrogens with zero attached hydrogens (tertiary/aromatic N) is 3. The van der Waals surface area contributed by atoms with Gasteiger partial charge in [-0.25, -0.2) is 9.78 Å². The zero-order valence-corrected chi connectivity index (χ0v) is 21.0. The predicted octanol–water partition coefficient (Wildman–Crippen LogP) is 2.89. The molecule has 36 heavy (non-hydrogen) atoms. The first-order valence-corrected chi connectivity index (χ1v) is 12.4. The quantitative estimate of drug-likeness (QED) is 0.574. The molecule has 190 valence electrons. The summed E-state index contributed by atoms with van der Waals surface area (Å²) in [6.45, 7) is 5.21. The van der Waals surface area contributed by atoms with Crippen LogP contribution in [0, 0.1) is 23.7 Å². The van der Waals surface area contributed by atoms with Gasteiger partial charge in [-0.15, -0.1) is 0 Å². The third kappa shape index (κ3) is 6.23. The summed E-state index contributed by atoms with van der Waals surface area (Å²) in [6, 6.07) is 8.27. The minimum Gasteiger partial charge on any atom is -0.478 e. The van der Waals surface area contributed by atoms with Gasteiger partial charge in [-0.3, -0.25) is 9.69 Å². The topological polar surface area (TPSA) is 103 Å². The van der Waals surface area contributed by atoms with Gasteiger partial charge < -0.3 is 19.8 Å². The molecule has 1 aliphatic heterocycles. The molecule has 1 fully saturated rings. The summed E-state index contributed by atoms with van der Waals surface area (Å²) in [5, 5.41) is 19.1. The molecule has 1 aromatic heterocycles. The summed E-state index contributed by atoms with van der Waals surface area (Å²) in [5.41, 5.74) is 2.17. The Kier molecular flexibility index (Phi) is 7.92. The Morgan fingerprint density at radius 2 is 2.11 bits per heavy atom. The Hall–Kier alpha value is -3.41. The predicted molar refractivity (Wildman–Crippen MR) is 135 cm³/mol. The van der Waals surface area contributed by atoms with Gasteiger partial charge in [0.15, 0.2) is 0 Å². The van der Waals surface area contributed by atoms with E-state index in [4.69, 9.17) is 4.74 Å². The number of ether oxygens (including phenoxy) is 1. The second-order valence-corrected chi connectivity index (χ2v) is 9.95. The van der Waals surface area contributed by atoms with Gasteiger partial charge >= 0.3 is 5.97 Å². The molecule has 1 aromatic carbocycles. The number of aromatic nitrogens is 1. The molecule has 8 heteroatoms. The molecule has 0 radical (unpaired) electrons. The number of amides is 1. The van der Waals surface area contributed by atoms with Crippen LogP contribution in [-0.2, 0) is 6.54 Å². The second kappa shape index (κ2) is 11.1. The summed E-state index contributed by atoms with van der Waals surface area (Å²) in [4.78, 5) is 33.0. The lowest BCUT2D eigenvalue weighted by atomic mass is 9.99. The third-order valence-corrected chi connectivity index (χ3v) is 6.64. The number of rotatable bonds is 7. The van der Waals surface area contributed by atoms with Crippen molar-refractivity contribution >= 4 is 11.9 Å². The van der Waals surface area contributed by atoms with Gasteiger partial charge in [0.1, 0.15) is 11.7 Å². The van der Waals surface area contributed by atoms with Crippen LogP contribution in [0.3, 0.4) is 0 Å². The number of fused-ring (bicyclic) bond motifs is 1. The first-order chi connectivity index (χ1) is 17.2. The normalized spacial score (nSPS) is 20.5. The summed E-state index contributed by atoms with van der Waals surface area (Å²) in [7, 11) is 1.95. The Morgan fingerprint density at radius 1 is 1.33 bits per heavy atom. The van der Waals surface area contributed by atoms with E-state index in [0.717, 1.165) is 18.4 Å². The van der Waals surface area contributed by atoms with E-state index in [0.29, 0.717) is 36.7 Å². The van der Waals surface area contributed by atoms with E-state index in [2.05, 4.69) is 21.7 Å². The van der Waals surface area contributed by atoms with E-state index in [1.807, 2.05) is 27.0 Å². The maximum atomic E-state index is 13.5. The van der Waals surface area contributed by atoms with Crippen molar-refractivity contribution in [1.82, 2.24) is 14.8 Å². The van der Waals surface area contributed by atoms with Gasteiger partial charge in [-0.2, -0.15) is 0 Å². The zero-order chi connectivity index (χ0) is 25.8. The van der Waals surface area contributed by atoms with Gasteiger partial charge in [-0.05, 0) is 50.6 Å². The van der Waals surface area contributed by atoms with E-state index >= 15 is 0 Å². The van der Waals surface area contributed by atoms with Crippen molar-refractivity contribution in [3.63, 3.8) is 0 Å². The van der Waals surface area contributed by atoms with Crippen molar-refractivity contribution in [2.24, 2.45) is 11.8 Å². The molecule has 2 aromatic rings. The van der Waals surface area contributed by atoms with Crippen molar-refractivity contribution in [3.8, 4) is 17.7 Å². The molecule has 0 spiro atoms. The summed E-state index contributed by atoms with van der Waals surface area (Å²) in [6.07, 6.45) is 3.59. The van der Waals surface area contributed by atoms with Crippen LogP contribution in [-0.4, -0.2) is 75.8 Å². The molecule has 0 unspecified atom stereocenters.